The van der Waals surface area contributed by atoms with Gasteiger partial charge < -0.3 is 33.5 Å². The number of methoxy groups -OCH3 is 3. The van der Waals surface area contributed by atoms with Gasteiger partial charge in [0.1, 0.15) is 11.5 Å². The van der Waals surface area contributed by atoms with Crippen molar-refractivity contribution in [2.24, 2.45) is 11.3 Å². The lowest BCUT2D eigenvalue weighted by molar-refractivity contribution is -0.178. The second-order valence-electron chi connectivity index (χ2n) is 11.9. The maximum atomic E-state index is 14.4. The minimum atomic E-state index is -1.26. The van der Waals surface area contributed by atoms with Crippen LogP contribution in [-0.2, 0) is 41.6 Å². The maximum Gasteiger partial charge on any atom is 0.320 e. The van der Waals surface area contributed by atoms with Crippen LogP contribution in [0.15, 0.2) is 60.3 Å². The van der Waals surface area contributed by atoms with E-state index < -0.39 is 29.5 Å². The van der Waals surface area contributed by atoms with Crippen molar-refractivity contribution in [1.29, 1.82) is 0 Å². The number of likely N-dealkylation sites (tertiary alicyclic amines) is 1. The maximum absolute atomic E-state index is 14.4. The van der Waals surface area contributed by atoms with Crippen molar-refractivity contribution in [3.8, 4) is 11.5 Å². The Labute approximate surface area is 275 Å². The fourth-order valence-electron chi connectivity index (χ4n) is 6.68. The minimum absolute atomic E-state index is 0.0265. The molecule has 0 aliphatic carbocycles. The summed E-state index contributed by atoms with van der Waals surface area (Å²) < 4.78 is 28.8. The van der Waals surface area contributed by atoms with Crippen LogP contribution in [0.2, 0.25) is 0 Å². The molecule has 10 nitrogen and oxygen atoms in total. The Hall–Kier alpha value is -3.54. The molecular formula is C35H44N2O8S. The standard InChI is InChI=1S/C35H44N2O8S/c1-24-35(34(40)43-4)21-27(19-32(38)36-14-16-46-17-15-36)33(39)37(13-12-25-10-11-29(41-2)30(18-25)42-3)31(35)20-28(45-24)23-44-22-26-8-6-5-7-9-26/h5-11,18,20,24,27-28H,12-17,19,21-23H2,1-4H3/t24-,27+,28-,35+/m1/s1. The molecule has 5 rings (SSSR count). The summed E-state index contributed by atoms with van der Waals surface area (Å²) in [6.45, 7) is 4.09. The number of hydrogen-bond acceptors (Lipinski definition) is 9. The van der Waals surface area contributed by atoms with E-state index in [2.05, 4.69) is 0 Å². The summed E-state index contributed by atoms with van der Waals surface area (Å²) in [6.07, 6.45) is 1.35. The van der Waals surface area contributed by atoms with Crippen molar-refractivity contribution < 1.29 is 38.1 Å². The monoisotopic (exact) mass is 652 g/mol. The smallest absolute Gasteiger partial charge is 0.320 e. The zero-order chi connectivity index (χ0) is 32.7. The molecular weight excluding hydrogens is 608 g/mol. The van der Waals surface area contributed by atoms with E-state index >= 15 is 0 Å². The normalized spacial score (nSPS) is 24.6. The minimum Gasteiger partial charge on any atom is -0.493 e. The second-order valence-corrected chi connectivity index (χ2v) is 13.1. The topological polar surface area (TPSA) is 104 Å². The van der Waals surface area contributed by atoms with E-state index in [1.165, 1.54) is 7.11 Å². The lowest BCUT2D eigenvalue weighted by atomic mass is 9.66. The van der Waals surface area contributed by atoms with Gasteiger partial charge in [-0.2, -0.15) is 11.8 Å². The Bertz CT molecular complexity index is 1410. The van der Waals surface area contributed by atoms with Crippen LogP contribution >= 0.6 is 11.8 Å². The Balaban J connectivity index is 1.46. The first-order chi connectivity index (χ1) is 22.3. The van der Waals surface area contributed by atoms with E-state index in [0.29, 0.717) is 43.3 Å². The molecule has 0 unspecified atom stereocenters. The Morgan fingerprint density at radius 1 is 1.00 bits per heavy atom. The molecule has 3 aliphatic heterocycles. The third kappa shape index (κ3) is 7.21. The van der Waals surface area contributed by atoms with Crippen molar-refractivity contribution in [3.05, 3.63) is 71.4 Å². The summed E-state index contributed by atoms with van der Waals surface area (Å²) in [7, 11) is 4.52. The molecule has 248 valence electrons. The van der Waals surface area contributed by atoms with Gasteiger partial charge in [-0.05, 0) is 49.1 Å². The number of carbonyl (C=O) groups excluding carboxylic acids is 3. The van der Waals surface area contributed by atoms with Gasteiger partial charge in [0.25, 0.3) is 0 Å². The van der Waals surface area contributed by atoms with Gasteiger partial charge in [-0.3, -0.25) is 14.4 Å². The molecule has 2 amide bonds. The first-order valence-electron chi connectivity index (χ1n) is 15.8. The molecule has 2 saturated heterocycles. The van der Waals surface area contributed by atoms with Gasteiger partial charge in [-0.1, -0.05) is 36.4 Å². The van der Waals surface area contributed by atoms with Crippen molar-refractivity contribution in [3.63, 3.8) is 0 Å². The average molecular weight is 653 g/mol. The molecule has 2 aromatic carbocycles. The second kappa shape index (κ2) is 15.4. The van der Waals surface area contributed by atoms with E-state index in [4.69, 9.17) is 23.7 Å². The summed E-state index contributed by atoms with van der Waals surface area (Å²) in [4.78, 5) is 45.1. The number of carbonyl (C=O) groups is 3. The summed E-state index contributed by atoms with van der Waals surface area (Å²) >= 11 is 1.82. The third-order valence-corrected chi connectivity index (χ3v) is 10.1. The zero-order valence-corrected chi connectivity index (χ0v) is 27.9. The first-order valence-corrected chi connectivity index (χ1v) is 16.9. The van der Waals surface area contributed by atoms with Gasteiger partial charge >= 0.3 is 5.97 Å². The highest BCUT2D eigenvalue weighted by molar-refractivity contribution is 7.99. The number of esters is 1. The number of thioether (sulfide) groups is 1. The van der Waals surface area contributed by atoms with E-state index in [-0.39, 0.29) is 37.8 Å². The van der Waals surface area contributed by atoms with Crippen LogP contribution in [0.5, 0.6) is 11.5 Å². The SMILES string of the molecule is COC(=O)[C@]12C[C@H](CC(=O)N3CCSCC3)C(=O)N(CCc3ccc(OC)c(OC)c3)C1=C[C@H](COCc1ccccc1)O[C@@H]2C. The van der Waals surface area contributed by atoms with E-state index in [1.807, 2.05) is 78.2 Å². The van der Waals surface area contributed by atoms with Crippen molar-refractivity contribution in [2.45, 2.75) is 45.0 Å². The van der Waals surface area contributed by atoms with Gasteiger partial charge in [0.05, 0.1) is 40.6 Å². The van der Waals surface area contributed by atoms with E-state index in [0.717, 1.165) is 22.6 Å². The molecule has 4 atom stereocenters. The fraction of sp³-hybridized carbons (Fsp3) is 0.514. The highest BCUT2D eigenvalue weighted by atomic mass is 32.2. The zero-order valence-electron chi connectivity index (χ0n) is 27.1. The number of nitrogens with zero attached hydrogens (tertiary/aromatic N) is 2. The summed E-state index contributed by atoms with van der Waals surface area (Å²) in [5.74, 6) is 1.52. The average Bonchev–Trinajstić information content (AvgIpc) is 3.09. The molecule has 11 heteroatoms. The molecule has 0 radical (unpaired) electrons. The van der Waals surface area contributed by atoms with Crippen LogP contribution in [0.25, 0.3) is 0 Å². The van der Waals surface area contributed by atoms with Crippen molar-refractivity contribution >= 4 is 29.5 Å². The highest BCUT2D eigenvalue weighted by Crippen LogP contribution is 2.50. The number of amides is 2. The molecule has 0 N–H and O–H groups in total. The van der Waals surface area contributed by atoms with Crippen molar-refractivity contribution in [2.75, 3.05) is 59.1 Å². The van der Waals surface area contributed by atoms with Crippen LogP contribution in [0.1, 0.15) is 30.9 Å². The molecule has 0 aromatic heterocycles. The molecule has 3 aliphatic rings. The molecule has 0 saturated carbocycles. The fourth-order valence-corrected chi connectivity index (χ4v) is 7.58. The van der Waals surface area contributed by atoms with Gasteiger partial charge in [0.2, 0.25) is 11.8 Å². The van der Waals surface area contributed by atoms with Gasteiger partial charge in [0, 0.05) is 49.2 Å². The molecule has 2 fully saturated rings. The molecule has 0 bridgehead atoms. The van der Waals surface area contributed by atoms with Crippen LogP contribution in [-0.4, -0.2) is 98.9 Å². The summed E-state index contributed by atoms with van der Waals surface area (Å²) in [6, 6.07) is 15.5. The quantitative estimate of drug-likeness (QED) is 0.314. The number of benzene rings is 2. The predicted molar refractivity (Wildman–Crippen MR) is 175 cm³/mol. The van der Waals surface area contributed by atoms with E-state index in [1.54, 1.807) is 19.1 Å². The van der Waals surface area contributed by atoms with Crippen molar-refractivity contribution in [1.82, 2.24) is 9.80 Å². The predicted octanol–water partition coefficient (Wildman–Crippen LogP) is 4.11. The lowest BCUT2D eigenvalue weighted by Crippen LogP contribution is -2.61. The van der Waals surface area contributed by atoms with E-state index in [9.17, 15) is 14.4 Å². The Kier molecular flexibility index (Phi) is 11.3. The first kappa shape index (κ1) is 33.8. The Morgan fingerprint density at radius 3 is 2.43 bits per heavy atom. The van der Waals surface area contributed by atoms with Crippen LogP contribution in [0.4, 0.5) is 0 Å². The van der Waals surface area contributed by atoms with Gasteiger partial charge in [0.15, 0.2) is 11.5 Å². The summed E-state index contributed by atoms with van der Waals surface area (Å²) in [5.41, 5.74) is 1.25. The molecule has 0 spiro atoms. The van der Waals surface area contributed by atoms with Crippen LogP contribution < -0.4 is 9.47 Å². The molecule has 2 aromatic rings. The number of fused-ring (bicyclic) bond motifs is 1. The Morgan fingerprint density at radius 2 is 1.74 bits per heavy atom. The number of piperidine rings is 1. The van der Waals surface area contributed by atoms with Gasteiger partial charge in [-0.25, -0.2) is 0 Å². The highest BCUT2D eigenvalue weighted by Gasteiger charge is 2.59. The number of ether oxygens (including phenoxy) is 5. The summed E-state index contributed by atoms with van der Waals surface area (Å²) in [5, 5.41) is 0. The third-order valence-electron chi connectivity index (χ3n) is 9.15. The molecule has 3 heterocycles. The van der Waals surface area contributed by atoms with Gasteiger partial charge in [-0.15, -0.1) is 0 Å². The van der Waals surface area contributed by atoms with Crippen LogP contribution in [0, 0.1) is 11.3 Å². The van der Waals surface area contributed by atoms with Crippen LogP contribution in [0.3, 0.4) is 0 Å². The molecule has 46 heavy (non-hydrogen) atoms. The number of rotatable bonds is 12. The largest absolute Gasteiger partial charge is 0.493 e. The lowest BCUT2D eigenvalue weighted by Gasteiger charge is -2.51. The number of hydrogen-bond donors (Lipinski definition) is 0.